The maximum Gasteiger partial charge on any atom is 0.449 e. The Morgan fingerprint density at radius 1 is 1.07 bits per heavy atom. The Morgan fingerprint density at radius 2 is 1.57 bits per heavy atom. The summed E-state index contributed by atoms with van der Waals surface area (Å²) in [5.41, 5.74) is 5.19. The Morgan fingerprint density at radius 3 is 2.00 bits per heavy atom. The Balaban J connectivity index is 0. The fourth-order valence-corrected chi connectivity index (χ4v) is 0.925. The van der Waals surface area contributed by atoms with Crippen LogP contribution >= 0.6 is 0 Å². The predicted molar refractivity (Wildman–Crippen MR) is 48.2 cm³/mol. The minimum atomic E-state index is -4.66. The van der Waals surface area contributed by atoms with Crippen LogP contribution in [0.4, 0.5) is 13.2 Å². The van der Waals surface area contributed by atoms with Crippen molar-refractivity contribution < 1.29 is 18.0 Å². The topological polar surface area (TPSA) is 78.1 Å². The Hall–Kier alpha value is -0.620. The Labute approximate surface area is 81.4 Å². The normalized spacial score (nSPS) is 10.9. The molecule has 0 aromatic rings. The van der Waals surface area contributed by atoms with E-state index in [2.05, 4.69) is 0 Å². The summed E-state index contributed by atoms with van der Waals surface area (Å²) >= 11 is 0. The minimum absolute atomic E-state index is 0. The molecular formula is C8H17F3N2O. The van der Waals surface area contributed by atoms with Gasteiger partial charge < -0.3 is 11.9 Å². The van der Waals surface area contributed by atoms with Crippen molar-refractivity contribution >= 4 is 5.78 Å². The molecule has 0 aromatic carbocycles. The summed E-state index contributed by atoms with van der Waals surface area (Å²) in [4.78, 5) is 10.3. The number of unbranched alkanes of at least 4 members (excludes halogenated alkanes) is 3. The maximum absolute atomic E-state index is 11.7. The second-order valence-electron chi connectivity index (χ2n) is 2.87. The molecule has 14 heavy (non-hydrogen) atoms. The highest BCUT2D eigenvalue weighted by atomic mass is 19.4. The molecule has 0 saturated heterocycles. The third-order valence-electron chi connectivity index (χ3n) is 1.67. The number of halogens is 3. The average molecular weight is 214 g/mol. The Kier molecular flexibility index (Phi) is 8.77. The molecule has 5 N–H and O–H groups in total. The van der Waals surface area contributed by atoms with Crippen molar-refractivity contribution in [1.82, 2.24) is 6.15 Å². The minimum Gasteiger partial charge on any atom is -0.344 e. The molecule has 0 spiro atoms. The van der Waals surface area contributed by atoms with Gasteiger partial charge in [0.1, 0.15) is 0 Å². The molecule has 0 bridgehead atoms. The van der Waals surface area contributed by atoms with Crippen LogP contribution in [0.3, 0.4) is 0 Å². The number of alkyl halides is 3. The first-order valence-corrected chi connectivity index (χ1v) is 4.28. The van der Waals surface area contributed by atoms with E-state index in [-0.39, 0.29) is 6.15 Å². The standard InChI is InChI=1S/C8H14F3NO.H3N/c9-8(10,11)7(13)5-3-1-2-4-6-12;/h1-6,12H2;1H3. The molecule has 0 amide bonds. The molecule has 0 radical (unpaired) electrons. The van der Waals surface area contributed by atoms with Gasteiger partial charge in [-0.15, -0.1) is 0 Å². The van der Waals surface area contributed by atoms with Crippen LogP contribution in [0, 0.1) is 0 Å². The summed E-state index contributed by atoms with van der Waals surface area (Å²) in [5.74, 6) is -1.62. The second-order valence-corrected chi connectivity index (χ2v) is 2.87. The van der Waals surface area contributed by atoms with E-state index >= 15 is 0 Å². The molecule has 0 aliphatic carbocycles. The van der Waals surface area contributed by atoms with Crippen LogP contribution in [-0.2, 0) is 4.79 Å². The van der Waals surface area contributed by atoms with Crippen molar-refractivity contribution in [3.05, 3.63) is 0 Å². The smallest absolute Gasteiger partial charge is 0.344 e. The van der Waals surface area contributed by atoms with Crippen molar-refractivity contribution in [3.63, 3.8) is 0 Å². The first-order chi connectivity index (χ1) is 5.98. The van der Waals surface area contributed by atoms with Gasteiger partial charge in [-0.25, -0.2) is 0 Å². The molecule has 0 aliphatic heterocycles. The zero-order valence-electron chi connectivity index (χ0n) is 8.07. The van der Waals surface area contributed by atoms with E-state index < -0.39 is 18.4 Å². The fraction of sp³-hybridized carbons (Fsp3) is 0.875. The highest BCUT2D eigenvalue weighted by Crippen LogP contribution is 2.19. The highest BCUT2D eigenvalue weighted by Gasteiger charge is 2.36. The van der Waals surface area contributed by atoms with Crippen molar-refractivity contribution in [3.8, 4) is 0 Å². The lowest BCUT2D eigenvalue weighted by atomic mass is 10.1. The van der Waals surface area contributed by atoms with Gasteiger partial charge in [0.25, 0.3) is 0 Å². The quantitative estimate of drug-likeness (QED) is 0.665. The third-order valence-corrected chi connectivity index (χ3v) is 1.67. The van der Waals surface area contributed by atoms with Crippen molar-refractivity contribution in [2.45, 2.75) is 38.3 Å². The third kappa shape index (κ3) is 8.00. The van der Waals surface area contributed by atoms with Crippen molar-refractivity contribution in [1.29, 1.82) is 0 Å². The summed E-state index contributed by atoms with van der Waals surface area (Å²) in [6.07, 6.45) is -2.51. The monoisotopic (exact) mass is 214 g/mol. The van der Waals surface area contributed by atoms with Gasteiger partial charge in [0.05, 0.1) is 0 Å². The molecule has 6 heteroatoms. The molecule has 0 aromatic heterocycles. The van der Waals surface area contributed by atoms with E-state index in [1.807, 2.05) is 0 Å². The van der Waals surface area contributed by atoms with E-state index in [4.69, 9.17) is 5.73 Å². The molecule has 0 saturated carbocycles. The summed E-state index contributed by atoms with van der Waals surface area (Å²) < 4.78 is 35.0. The van der Waals surface area contributed by atoms with E-state index in [0.29, 0.717) is 19.4 Å². The first kappa shape index (κ1) is 15.8. The molecule has 3 nitrogen and oxygen atoms in total. The number of hydrogen-bond donors (Lipinski definition) is 2. The largest absolute Gasteiger partial charge is 0.449 e. The van der Waals surface area contributed by atoms with E-state index in [1.165, 1.54) is 0 Å². The summed E-state index contributed by atoms with van der Waals surface area (Å²) in [6, 6.07) is 0. The number of ketones is 1. The van der Waals surface area contributed by atoms with Crippen LogP contribution < -0.4 is 11.9 Å². The van der Waals surface area contributed by atoms with Crippen LogP contribution in [0.15, 0.2) is 0 Å². The molecular weight excluding hydrogens is 197 g/mol. The number of rotatable bonds is 6. The van der Waals surface area contributed by atoms with Gasteiger partial charge in [0, 0.05) is 6.42 Å². The molecule has 0 aliphatic rings. The van der Waals surface area contributed by atoms with Crippen molar-refractivity contribution in [2.75, 3.05) is 6.54 Å². The number of Topliss-reactive ketones (excluding diaryl/α,β-unsaturated/α-hetero) is 1. The number of carbonyl (C=O) groups excluding carboxylic acids is 1. The van der Waals surface area contributed by atoms with E-state index in [1.54, 1.807) is 0 Å². The average Bonchev–Trinajstić information content (AvgIpc) is 2.02. The molecule has 0 fully saturated rings. The highest BCUT2D eigenvalue weighted by molar-refractivity contribution is 5.83. The lowest BCUT2D eigenvalue weighted by molar-refractivity contribution is -0.171. The summed E-state index contributed by atoms with van der Waals surface area (Å²) in [6.45, 7) is 0.549. The van der Waals surface area contributed by atoms with Crippen LogP contribution in [0.5, 0.6) is 0 Å². The summed E-state index contributed by atoms with van der Waals surface area (Å²) in [7, 11) is 0. The van der Waals surface area contributed by atoms with Gasteiger partial charge in [-0.2, -0.15) is 13.2 Å². The lowest BCUT2D eigenvalue weighted by Gasteiger charge is -2.04. The predicted octanol–water partition coefficient (Wildman–Crippen LogP) is 2.19. The molecule has 86 valence electrons. The van der Waals surface area contributed by atoms with Gasteiger partial charge >= 0.3 is 6.18 Å². The number of hydrogen-bond acceptors (Lipinski definition) is 3. The fourth-order valence-electron chi connectivity index (χ4n) is 0.925. The van der Waals surface area contributed by atoms with Gasteiger partial charge in [-0.3, -0.25) is 4.79 Å². The number of carbonyl (C=O) groups is 1. The first-order valence-electron chi connectivity index (χ1n) is 4.28. The van der Waals surface area contributed by atoms with Crippen LogP contribution in [0.1, 0.15) is 32.1 Å². The van der Waals surface area contributed by atoms with Gasteiger partial charge in [-0.1, -0.05) is 12.8 Å². The Bertz CT molecular complexity index is 159. The maximum atomic E-state index is 11.7. The van der Waals surface area contributed by atoms with E-state index in [9.17, 15) is 18.0 Å². The van der Waals surface area contributed by atoms with Crippen LogP contribution in [0.25, 0.3) is 0 Å². The molecule has 0 atom stereocenters. The van der Waals surface area contributed by atoms with Gasteiger partial charge in [0.15, 0.2) is 0 Å². The van der Waals surface area contributed by atoms with Gasteiger partial charge in [-0.05, 0) is 19.4 Å². The second kappa shape index (κ2) is 7.75. The SMILES string of the molecule is N.NCCCCCCC(=O)C(F)(F)F. The molecule has 0 unspecified atom stereocenters. The van der Waals surface area contributed by atoms with Crippen molar-refractivity contribution in [2.24, 2.45) is 5.73 Å². The lowest BCUT2D eigenvalue weighted by Crippen LogP contribution is -2.22. The van der Waals surface area contributed by atoms with Crippen LogP contribution in [-0.4, -0.2) is 18.5 Å². The zero-order valence-corrected chi connectivity index (χ0v) is 8.07. The van der Waals surface area contributed by atoms with Crippen LogP contribution in [0.2, 0.25) is 0 Å². The van der Waals surface area contributed by atoms with Gasteiger partial charge in [0.2, 0.25) is 5.78 Å². The number of nitrogens with two attached hydrogens (primary N) is 1. The van der Waals surface area contributed by atoms with E-state index in [0.717, 1.165) is 12.8 Å². The molecule has 0 heterocycles. The summed E-state index contributed by atoms with van der Waals surface area (Å²) in [5, 5.41) is 0. The molecule has 0 rings (SSSR count). The zero-order chi connectivity index (χ0) is 10.3.